The number of pyridine rings is 1. The number of halogens is 5. The fourth-order valence-corrected chi connectivity index (χ4v) is 1.53. The zero-order valence-corrected chi connectivity index (χ0v) is 10.3. The minimum atomic E-state index is -4.11. The monoisotopic (exact) mass is 326 g/mol. The van der Waals surface area contributed by atoms with Crippen LogP contribution in [0.5, 0.6) is 0 Å². The minimum Gasteiger partial charge on any atom is -0.347 e. The molecule has 0 unspecified atom stereocenters. The summed E-state index contributed by atoms with van der Waals surface area (Å²) in [5.74, 6) is -4.24. The molecule has 0 radical (unpaired) electrons. The molecule has 9 heteroatoms. The van der Waals surface area contributed by atoms with E-state index in [1.54, 1.807) is 18.3 Å². The third-order valence-corrected chi connectivity index (χ3v) is 2.57. The molecule has 0 aliphatic heterocycles. The van der Waals surface area contributed by atoms with Gasteiger partial charge in [-0.3, -0.25) is 0 Å². The molecule has 0 bridgehead atoms. The van der Waals surface area contributed by atoms with Gasteiger partial charge in [0.05, 0.1) is 6.54 Å². The molecule has 0 atom stereocenters. The second kappa shape index (κ2) is 4.71. The average molecular weight is 327 g/mol. The molecule has 4 nitrogen and oxygen atoms in total. The largest absolute Gasteiger partial charge is 0.347 e. The van der Waals surface area contributed by atoms with E-state index in [1.807, 2.05) is 0 Å². The Morgan fingerprint density at radius 1 is 1.39 bits per heavy atom. The summed E-state index contributed by atoms with van der Waals surface area (Å²) in [6, 6.07) is 3.30. The predicted octanol–water partition coefficient (Wildman–Crippen LogP) is 2.80. The summed E-state index contributed by atoms with van der Waals surface area (Å²) in [7, 11) is 0. The molecule has 2 rings (SSSR count). The number of hydrogen-bond acceptors (Lipinski definition) is 3. The van der Waals surface area contributed by atoms with Crippen LogP contribution in [0, 0.1) is 0 Å². The highest BCUT2D eigenvalue weighted by Gasteiger charge is 2.40. The molecule has 2 heterocycles. The van der Waals surface area contributed by atoms with Gasteiger partial charge in [0.1, 0.15) is 0 Å². The fourth-order valence-electron chi connectivity index (χ4n) is 1.21. The van der Waals surface area contributed by atoms with E-state index in [0.717, 1.165) is 4.47 Å². The van der Waals surface area contributed by atoms with Gasteiger partial charge >= 0.3 is 12.3 Å². The second-order valence-corrected chi connectivity index (χ2v) is 4.42. The SMILES string of the molecule is FC(F)C(F)(F)CNc1nc2ccc(Br)cn2n1. The van der Waals surface area contributed by atoms with Crippen LogP contribution in [0.4, 0.5) is 23.5 Å². The van der Waals surface area contributed by atoms with Gasteiger partial charge in [-0.05, 0) is 28.1 Å². The molecule has 0 fully saturated rings. The Kier molecular flexibility index (Phi) is 3.42. The maximum atomic E-state index is 12.7. The Labute approximate surface area is 107 Å². The maximum Gasteiger partial charge on any atom is 0.324 e. The summed E-state index contributed by atoms with van der Waals surface area (Å²) >= 11 is 3.20. The van der Waals surface area contributed by atoms with Crippen molar-refractivity contribution in [3.63, 3.8) is 0 Å². The summed E-state index contributed by atoms with van der Waals surface area (Å²) < 4.78 is 51.3. The van der Waals surface area contributed by atoms with Crippen LogP contribution < -0.4 is 5.32 Å². The molecule has 0 saturated carbocycles. The van der Waals surface area contributed by atoms with E-state index in [9.17, 15) is 17.6 Å². The summed E-state index contributed by atoms with van der Waals surface area (Å²) in [4.78, 5) is 3.86. The van der Waals surface area contributed by atoms with Gasteiger partial charge in [0.2, 0.25) is 5.95 Å². The van der Waals surface area contributed by atoms with Crippen LogP contribution in [-0.2, 0) is 0 Å². The van der Waals surface area contributed by atoms with Gasteiger partial charge in [0.25, 0.3) is 0 Å². The molecule has 0 amide bonds. The predicted molar refractivity (Wildman–Crippen MR) is 60.1 cm³/mol. The Hall–Kier alpha value is -1.38. The number of anilines is 1. The lowest BCUT2D eigenvalue weighted by Gasteiger charge is -2.14. The number of nitrogens with zero attached hydrogens (tertiary/aromatic N) is 3. The third kappa shape index (κ3) is 2.71. The number of aromatic nitrogens is 3. The summed E-state index contributed by atoms with van der Waals surface area (Å²) in [6.07, 6.45) is -2.16. The Balaban J connectivity index is 2.13. The smallest absolute Gasteiger partial charge is 0.324 e. The first-order chi connectivity index (χ1) is 8.38. The van der Waals surface area contributed by atoms with Crippen LogP contribution in [0.3, 0.4) is 0 Å². The molecule has 2 aromatic rings. The first-order valence-corrected chi connectivity index (χ1v) is 5.59. The van der Waals surface area contributed by atoms with E-state index in [2.05, 4.69) is 31.3 Å². The van der Waals surface area contributed by atoms with Crippen LogP contribution in [0.15, 0.2) is 22.8 Å². The van der Waals surface area contributed by atoms with Gasteiger partial charge in [0.15, 0.2) is 5.65 Å². The van der Waals surface area contributed by atoms with E-state index in [-0.39, 0.29) is 5.95 Å². The normalized spacial score (nSPS) is 12.3. The molecular weight excluding hydrogens is 320 g/mol. The lowest BCUT2D eigenvalue weighted by atomic mass is 10.3. The molecular formula is C9H7BrF4N4. The molecule has 98 valence electrons. The number of nitrogens with one attached hydrogen (secondary N) is 1. The summed E-state index contributed by atoms with van der Waals surface area (Å²) in [5.41, 5.74) is 0.418. The molecule has 0 aliphatic carbocycles. The van der Waals surface area contributed by atoms with Crippen molar-refractivity contribution in [1.82, 2.24) is 14.6 Å². The molecule has 2 aromatic heterocycles. The van der Waals surface area contributed by atoms with Crippen LogP contribution in [0.2, 0.25) is 0 Å². The molecule has 0 spiro atoms. The second-order valence-electron chi connectivity index (χ2n) is 3.50. The van der Waals surface area contributed by atoms with Gasteiger partial charge in [0, 0.05) is 10.7 Å². The first-order valence-electron chi connectivity index (χ1n) is 4.80. The number of fused-ring (bicyclic) bond motifs is 1. The lowest BCUT2D eigenvalue weighted by molar-refractivity contribution is -0.117. The molecule has 0 aromatic carbocycles. The lowest BCUT2D eigenvalue weighted by Crippen LogP contribution is -2.35. The minimum absolute atomic E-state index is 0.131. The van der Waals surface area contributed by atoms with Crippen LogP contribution >= 0.6 is 15.9 Å². The Morgan fingerprint density at radius 3 is 2.78 bits per heavy atom. The molecule has 1 N–H and O–H groups in total. The highest BCUT2D eigenvalue weighted by molar-refractivity contribution is 9.10. The molecule has 0 aliphatic rings. The van der Waals surface area contributed by atoms with E-state index in [0.29, 0.717) is 5.65 Å². The first kappa shape index (κ1) is 13.1. The highest BCUT2D eigenvalue weighted by atomic mass is 79.9. The van der Waals surface area contributed by atoms with Crippen molar-refractivity contribution in [2.75, 3.05) is 11.9 Å². The van der Waals surface area contributed by atoms with Crippen molar-refractivity contribution in [3.8, 4) is 0 Å². The van der Waals surface area contributed by atoms with Crippen molar-refractivity contribution in [1.29, 1.82) is 0 Å². The van der Waals surface area contributed by atoms with Crippen LogP contribution in [0.25, 0.3) is 5.65 Å². The number of alkyl halides is 4. The van der Waals surface area contributed by atoms with Crippen molar-refractivity contribution < 1.29 is 17.6 Å². The number of rotatable bonds is 4. The standard InChI is InChI=1S/C9H7BrF4N4/c10-5-1-2-6-16-8(17-18(6)3-5)15-4-9(13,14)7(11)12/h1-3,7H,4H2,(H,15,17). The van der Waals surface area contributed by atoms with Gasteiger partial charge in [-0.2, -0.15) is 13.8 Å². The van der Waals surface area contributed by atoms with Gasteiger partial charge in [-0.15, -0.1) is 5.10 Å². The highest BCUT2D eigenvalue weighted by Crippen LogP contribution is 2.22. The zero-order chi connectivity index (χ0) is 13.3. The fraction of sp³-hybridized carbons (Fsp3) is 0.333. The zero-order valence-electron chi connectivity index (χ0n) is 8.75. The quantitative estimate of drug-likeness (QED) is 0.878. The van der Waals surface area contributed by atoms with E-state index < -0.39 is 18.9 Å². The van der Waals surface area contributed by atoms with Crippen molar-refractivity contribution in [2.24, 2.45) is 0 Å². The number of hydrogen-bond donors (Lipinski definition) is 1. The molecule has 0 saturated heterocycles. The van der Waals surface area contributed by atoms with E-state index >= 15 is 0 Å². The van der Waals surface area contributed by atoms with Crippen molar-refractivity contribution in [3.05, 3.63) is 22.8 Å². The van der Waals surface area contributed by atoms with Crippen molar-refractivity contribution in [2.45, 2.75) is 12.3 Å². The topological polar surface area (TPSA) is 42.2 Å². The average Bonchev–Trinajstić information content (AvgIpc) is 2.68. The Morgan fingerprint density at radius 2 is 2.11 bits per heavy atom. The van der Waals surface area contributed by atoms with Gasteiger partial charge < -0.3 is 5.32 Å². The van der Waals surface area contributed by atoms with Crippen molar-refractivity contribution >= 4 is 27.5 Å². The van der Waals surface area contributed by atoms with Gasteiger partial charge in [-0.25, -0.2) is 13.3 Å². The van der Waals surface area contributed by atoms with E-state index in [1.165, 1.54) is 4.52 Å². The Bertz CT molecular complexity index is 556. The van der Waals surface area contributed by atoms with Gasteiger partial charge in [-0.1, -0.05) is 0 Å². The van der Waals surface area contributed by atoms with Crippen LogP contribution in [0.1, 0.15) is 0 Å². The summed E-state index contributed by atoms with van der Waals surface area (Å²) in [6.45, 7) is -1.22. The van der Waals surface area contributed by atoms with Crippen LogP contribution in [-0.4, -0.2) is 33.5 Å². The molecule has 18 heavy (non-hydrogen) atoms. The third-order valence-electron chi connectivity index (χ3n) is 2.10. The summed E-state index contributed by atoms with van der Waals surface area (Å²) in [5, 5.41) is 5.91. The maximum absolute atomic E-state index is 12.7. The van der Waals surface area contributed by atoms with E-state index in [4.69, 9.17) is 0 Å².